The molecular weight excluding hydrogens is 313 g/mol. The third-order valence-electron chi connectivity index (χ3n) is 2.90. The molecule has 0 spiro atoms. The lowest BCUT2D eigenvalue weighted by Crippen LogP contribution is -2.28. The summed E-state index contributed by atoms with van der Waals surface area (Å²) in [5, 5.41) is 22.7. The van der Waals surface area contributed by atoms with Crippen LogP contribution in [0.2, 0.25) is 10.0 Å². The molecule has 0 saturated heterocycles. The molecule has 2 aromatic rings. The minimum atomic E-state index is -1.02. The molecule has 0 aliphatic rings. The summed E-state index contributed by atoms with van der Waals surface area (Å²) >= 11 is 12.0. The molecule has 1 unspecified atom stereocenters. The maximum Gasteiger partial charge on any atom is 0.251 e. The fourth-order valence-corrected chi connectivity index (χ4v) is 2.52. The summed E-state index contributed by atoms with van der Waals surface area (Å²) in [5.74, 6) is -0.412. The molecule has 0 aliphatic heterocycles. The smallest absolute Gasteiger partial charge is 0.251 e. The molecule has 0 fully saturated rings. The summed E-state index contributed by atoms with van der Waals surface area (Å²) in [6.07, 6.45) is -1.02. The number of benzene rings is 2. The number of phenolic OH excluding ortho intramolecular Hbond substituents is 1. The summed E-state index contributed by atoms with van der Waals surface area (Å²) < 4.78 is 0. The molecule has 4 nitrogen and oxygen atoms in total. The Morgan fingerprint density at radius 2 is 1.76 bits per heavy atom. The Kier molecular flexibility index (Phi) is 5.07. The van der Waals surface area contributed by atoms with Gasteiger partial charge >= 0.3 is 0 Å². The van der Waals surface area contributed by atoms with Crippen LogP contribution in [0.4, 0.5) is 0 Å². The van der Waals surface area contributed by atoms with Crippen molar-refractivity contribution in [3.8, 4) is 5.75 Å². The Morgan fingerprint density at radius 3 is 2.38 bits per heavy atom. The Balaban J connectivity index is 2.04. The number of aromatic hydroxyl groups is 1. The third-order valence-corrected chi connectivity index (χ3v) is 3.56. The first kappa shape index (κ1) is 15.6. The predicted octanol–water partition coefficient (Wildman–Crippen LogP) is 3.16. The van der Waals surface area contributed by atoms with Crippen molar-refractivity contribution < 1.29 is 15.0 Å². The van der Waals surface area contributed by atoms with Gasteiger partial charge in [-0.25, -0.2) is 0 Å². The van der Waals surface area contributed by atoms with Crippen LogP contribution in [0, 0.1) is 0 Å². The molecule has 1 amide bonds. The van der Waals surface area contributed by atoms with E-state index in [4.69, 9.17) is 23.2 Å². The number of halogens is 2. The molecule has 0 aromatic heterocycles. The molecule has 0 saturated carbocycles. The number of phenols is 1. The van der Waals surface area contributed by atoms with Gasteiger partial charge in [0.25, 0.3) is 5.91 Å². The second-order valence-corrected chi connectivity index (χ2v) is 5.23. The normalized spacial score (nSPS) is 12.0. The predicted molar refractivity (Wildman–Crippen MR) is 81.9 cm³/mol. The van der Waals surface area contributed by atoms with Crippen molar-refractivity contribution in [3.05, 3.63) is 63.6 Å². The van der Waals surface area contributed by atoms with E-state index >= 15 is 0 Å². The van der Waals surface area contributed by atoms with Crippen molar-refractivity contribution in [2.75, 3.05) is 6.54 Å². The van der Waals surface area contributed by atoms with E-state index in [0.717, 1.165) is 0 Å². The Labute approximate surface area is 131 Å². The van der Waals surface area contributed by atoms with Crippen LogP contribution in [0.15, 0.2) is 42.5 Å². The molecule has 1 atom stereocenters. The third kappa shape index (κ3) is 3.88. The molecule has 2 aromatic carbocycles. The molecule has 2 rings (SSSR count). The van der Waals surface area contributed by atoms with Gasteiger partial charge in [0, 0.05) is 27.7 Å². The zero-order valence-electron chi connectivity index (χ0n) is 10.9. The summed E-state index contributed by atoms with van der Waals surface area (Å²) in [6.45, 7) is -0.0437. The quantitative estimate of drug-likeness (QED) is 0.808. The first-order valence-electron chi connectivity index (χ1n) is 6.18. The highest BCUT2D eigenvalue weighted by molar-refractivity contribution is 6.36. The molecular formula is C15H13Cl2NO3. The number of rotatable bonds is 4. The lowest BCUT2D eigenvalue weighted by atomic mass is 10.1. The van der Waals surface area contributed by atoms with Gasteiger partial charge in [-0.05, 0) is 30.3 Å². The van der Waals surface area contributed by atoms with E-state index in [1.54, 1.807) is 30.3 Å². The van der Waals surface area contributed by atoms with Crippen LogP contribution in [0.25, 0.3) is 0 Å². The highest BCUT2D eigenvalue weighted by Crippen LogP contribution is 2.29. The molecule has 110 valence electrons. The van der Waals surface area contributed by atoms with Crippen molar-refractivity contribution in [3.63, 3.8) is 0 Å². The molecule has 0 heterocycles. The molecule has 3 N–H and O–H groups in total. The maximum atomic E-state index is 11.9. The summed E-state index contributed by atoms with van der Waals surface area (Å²) in [4.78, 5) is 11.9. The average Bonchev–Trinajstić information content (AvgIpc) is 2.44. The van der Waals surface area contributed by atoms with Crippen LogP contribution in [-0.4, -0.2) is 22.7 Å². The van der Waals surface area contributed by atoms with E-state index in [1.165, 1.54) is 12.1 Å². The van der Waals surface area contributed by atoms with Crippen molar-refractivity contribution in [1.29, 1.82) is 0 Å². The Hall–Kier alpha value is -1.75. The van der Waals surface area contributed by atoms with Gasteiger partial charge < -0.3 is 15.5 Å². The van der Waals surface area contributed by atoms with Crippen LogP contribution in [0.3, 0.4) is 0 Å². The number of hydrogen-bond donors (Lipinski definition) is 3. The number of hydrogen-bond acceptors (Lipinski definition) is 3. The lowest BCUT2D eigenvalue weighted by molar-refractivity contribution is 0.0916. The van der Waals surface area contributed by atoms with Gasteiger partial charge in [-0.3, -0.25) is 4.79 Å². The summed E-state index contributed by atoms with van der Waals surface area (Å²) in [5.41, 5.74) is 0.671. The van der Waals surface area contributed by atoms with Gasteiger partial charge in [0.1, 0.15) is 5.75 Å². The molecule has 0 radical (unpaired) electrons. The first-order valence-corrected chi connectivity index (χ1v) is 6.94. The average molecular weight is 326 g/mol. The fraction of sp³-hybridized carbons (Fsp3) is 0.133. The molecule has 21 heavy (non-hydrogen) atoms. The SMILES string of the molecule is O=C(NCC(O)c1c(Cl)cccc1Cl)c1cccc(O)c1. The van der Waals surface area contributed by atoms with Gasteiger partial charge in [-0.15, -0.1) is 0 Å². The topological polar surface area (TPSA) is 69.6 Å². The van der Waals surface area contributed by atoms with Crippen molar-refractivity contribution in [1.82, 2.24) is 5.32 Å². The van der Waals surface area contributed by atoms with E-state index in [-0.39, 0.29) is 12.3 Å². The van der Waals surface area contributed by atoms with Crippen molar-refractivity contribution in [2.24, 2.45) is 0 Å². The van der Waals surface area contributed by atoms with Gasteiger partial charge in [0.05, 0.1) is 6.10 Å². The summed E-state index contributed by atoms with van der Waals surface area (Å²) in [7, 11) is 0. The minimum absolute atomic E-state index is 0.00246. The fourth-order valence-electron chi connectivity index (χ4n) is 1.87. The molecule has 0 aliphatic carbocycles. The number of aliphatic hydroxyl groups excluding tert-OH is 1. The van der Waals surface area contributed by atoms with Crippen LogP contribution < -0.4 is 5.32 Å². The van der Waals surface area contributed by atoms with Crippen molar-refractivity contribution >= 4 is 29.1 Å². The van der Waals surface area contributed by atoms with E-state index in [2.05, 4.69) is 5.32 Å². The van der Waals surface area contributed by atoms with E-state index < -0.39 is 12.0 Å². The second kappa shape index (κ2) is 6.80. The zero-order valence-corrected chi connectivity index (χ0v) is 12.4. The second-order valence-electron chi connectivity index (χ2n) is 4.41. The van der Waals surface area contributed by atoms with Crippen LogP contribution in [0.5, 0.6) is 5.75 Å². The van der Waals surface area contributed by atoms with E-state index in [0.29, 0.717) is 21.2 Å². The molecule has 6 heteroatoms. The van der Waals surface area contributed by atoms with Gasteiger partial charge in [0.15, 0.2) is 0 Å². The lowest BCUT2D eigenvalue weighted by Gasteiger charge is -2.15. The Morgan fingerprint density at radius 1 is 1.14 bits per heavy atom. The first-order chi connectivity index (χ1) is 9.99. The van der Waals surface area contributed by atoms with Crippen LogP contribution in [0.1, 0.15) is 22.0 Å². The number of carbonyl (C=O) groups excluding carboxylic acids is 1. The zero-order chi connectivity index (χ0) is 15.4. The number of nitrogens with one attached hydrogen (secondary N) is 1. The number of carbonyl (C=O) groups is 1. The van der Waals surface area contributed by atoms with Crippen LogP contribution in [-0.2, 0) is 0 Å². The Bertz CT molecular complexity index is 641. The van der Waals surface area contributed by atoms with Gasteiger partial charge in [0.2, 0.25) is 0 Å². The number of aliphatic hydroxyl groups is 1. The maximum absolute atomic E-state index is 11.9. The van der Waals surface area contributed by atoms with E-state index in [9.17, 15) is 15.0 Å². The summed E-state index contributed by atoms with van der Waals surface area (Å²) in [6, 6.07) is 10.8. The minimum Gasteiger partial charge on any atom is -0.508 e. The van der Waals surface area contributed by atoms with E-state index in [1.807, 2.05) is 0 Å². The standard InChI is InChI=1S/C15H13Cl2NO3/c16-11-5-2-6-12(17)14(11)13(20)8-18-15(21)9-3-1-4-10(19)7-9/h1-7,13,19-20H,8H2,(H,18,21). The van der Waals surface area contributed by atoms with Gasteiger partial charge in [-0.1, -0.05) is 35.3 Å². The van der Waals surface area contributed by atoms with Crippen molar-refractivity contribution in [2.45, 2.75) is 6.10 Å². The highest BCUT2D eigenvalue weighted by atomic mass is 35.5. The monoisotopic (exact) mass is 325 g/mol. The van der Waals surface area contributed by atoms with Gasteiger partial charge in [-0.2, -0.15) is 0 Å². The molecule has 0 bridgehead atoms. The largest absolute Gasteiger partial charge is 0.508 e. The number of amides is 1. The highest BCUT2D eigenvalue weighted by Gasteiger charge is 2.16. The van der Waals surface area contributed by atoms with Crippen LogP contribution >= 0.6 is 23.2 Å².